The molecule has 0 spiro atoms. The molecule has 0 N–H and O–H groups in total. The molecule has 0 amide bonds. The molecule has 0 aliphatic rings. The maximum atomic E-state index is 10.8. The topological polar surface area (TPSA) is 142 Å². The number of rotatable bonds is 4. The van der Waals surface area contributed by atoms with Crippen molar-refractivity contribution >= 4 is 17.6 Å². The van der Waals surface area contributed by atoms with E-state index in [9.17, 15) is 10.1 Å². The van der Waals surface area contributed by atoms with Crippen molar-refractivity contribution in [3.63, 3.8) is 0 Å². The van der Waals surface area contributed by atoms with E-state index in [1.165, 1.54) is 6.07 Å². The van der Waals surface area contributed by atoms with Crippen LogP contribution in [-0.4, -0.2) is 48.8 Å². The average molecular weight is 348 g/mol. The Hall–Kier alpha value is -2.04. The highest BCUT2D eigenvalue weighted by molar-refractivity contribution is 5.81. The van der Waals surface area contributed by atoms with Gasteiger partial charge in [-0.1, -0.05) is 12.1 Å². The third-order valence-electron chi connectivity index (χ3n) is 2.37. The van der Waals surface area contributed by atoms with Crippen LogP contribution >= 0.6 is 0 Å². The minimum absolute atomic E-state index is 0.102. The molecule has 23 heavy (non-hydrogen) atoms. The summed E-state index contributed by atoms with van der Waals surface area (Å²) in [6, 6.07) is 6.63. The number of nitro groups is 1. The molecule has 0 aliphatic heterocycles. The second kappa shape index (κ2) is 9.18. The molecule has 0 heterocycles. The summed E-state index contributed by atoms with van der Waals surface area (Å²) in [5, 5.41) is 10.8. The lowest BCUT2D eigenvalue weighted by atomic mass is 10.1. The van der Waals surface area contributed by atoms with Gasteiger partial charge in [-0.3, -0.25) is 10.1 Å². The number of benzene rings is 1. The van der Waals surface area contributed by atoms with Crippen molar-refractivity contribution in [1.82, 2.24) is 4.90 Å². The van der Waals surface area contributed by atoms with Gasteiger partial charge in [0.25, 0.3) is 5.69 Å². The quantitative estimate of drug-likeness (QED) is 0.246. The molecule has 10 heteroatoms. The number of non-ortho nitro benzene ring substituents is 1. The smallest absolute Gasteiger partial charge is 0.270 e. The van der Waals surface area contributed by atoms with Gasteiger partial charge in [0, 0.05) is 43.6 Å². The van der Waals surface area contributed by atoms with E-state index in [2.05, 4.69) is 0 Å². The summed E-state index contributed by atoms with van der Waals surface area (Å²) in [4.78, 5) is 12.3. The first-order valence-electron chi connectivity index (χ1n) is 6.17. The van der Waals surface area contributed by atoms with Crippen LogP contribution < -0.4 is 18.6 Å². The van der Waals surface area contributed by atoms with Gasteiger partial charge in [-0.15, -0.1) is 10.2 Å². The predicted octanol–water partition coefficient (Wildman–Crippen LogP) is -2.92. The van der Waals surface area contributed by atoms with Gasteiger partial charge < -0.3 is 4.90 Å². The first-order chi connectivity index (χ1) is 10.4. The third kappa shape index (κ3) is 10.3. The zero-order valence-electron chi connectivity index (χ0n) is 13.1. The molecule has 9 nitrogen and oxygen atoms in total. The van der Waals surface area contributed by atoms with Crippen LogP contribution in [0.15, 0.2) is 30.3 Å². The lowest BCUT2D eigenvalue weighted by Crippen LogP contribution is -2.68. The number of nitro benzene ring substituents is 1. The average Bonchev–Trinajstić information content (AvgIpc) is 2.36. The normalized spacial score (nSPS) is 11.2. The molecular weight excluding hydrogens is 330 g/mol. The van der Waals surface area contributed by atoms with Crippen molar-refractivity contribution in [3.05, 3.63) is 46.0 Å². The van der Waals surface area contributed by atoms with Crippen molar-refractivity contribution in [2.45, 2.75) is 0 Å². The van der Waals surface area contributed by atoms with Crippen molar-refractivity contribution in [1.29, 1.82) is 0 Å². The van der Waals surface area contributed by atoms with Crippen LogP contribution in [0.2, 0.25) is 0 Å². The van der Waals surface area contributed by atoms with E-state index in [0.29, 0.717) is 0 Å². The minimum Gasteiger partial charge on any atom is -0.377 e. The first-order valence-corrected chi connectivity index (χ1v) is 7.40. The lowest BCUT2D eigenvalue weighted by Gasteiger charge is -2.17. The van der Waals surface area contributed by atoms with Crippen molar-refractivity contribution in [2.24, 2.45) is 0 Å². The Labute approximate surface area is 135 Å². The second-order valence-electron chi connectivity index (χ2n) is 4.74. The molecule has 1 rings (SSSR count). The molecule has 0 bridgehead atoms. The van der Waals surface area contributed by atoms with Gasteiger partial charge in [0.05, 0.1) is 4.92 Å². The SMILES string of the molecule is CN(C)/C(=C\C=[N+](C)C)c1cccc([N+](=O)[O-])c1.[O-][Cl+3]([O-])([O-])[O-]. The van der Waals surface area contributed by atoms with Crippen molar-refractivity contribution < 1.29 is 38.4 Å². The highest BCUT2D eigenvalue weighted by Gasteiger charge is 2.10. The van der Waals surface area contributed by atoms with E-state index < -0.39 is 10.2 Å². The van der Waals surface area contributed by atoms with Crippen LogP contribution in [0.3, 0.4) is 0 Å². The summed E-state index contributed by atoms with van der Waals surface area (Å²) in [5.41, 5.74) is 1.85. The zero-order valence-corrected chi connectivity index (χ0v) is 13.9. The number of allylic oxidation sites excluding steroid dienone is 1. The Morgan fingerprint density at radius 1 is 1.17 bits per heavy atom. The standard InChI is InChI=1S/C13H18N3O2.ClHO4/c1-14(2)9-8-13(15(3)4)11-6-5-7-12(10-11)16(17)18;2-1(3,4)5/h5-10H,1-4H3;(H,2,3,4,5)/q+1;/p-1. The number of nitrogens with zero attached hydrogens (tertiary/aromatic N) is 3. The maximum absolute atomic E-state index is 10.8. The van der Waals surface area contributed by atoms with Crippen LogP contribution in [0, 0.1) is 20.4 Å². The van der Waals surface area contributed by atoms with E-state index in [1.54, 1.807) is 12.1 Å². The molecule has 0 radical (unpaired) electrons. The Balaban J connectivity index is 0.000000841. The third-order valence-corrected chi connectivity index (χ3v) is 2.37. The van der Waals surface area contributed by atoms with Gasteiger partial charge in [-0.05, 0) is 0 Å². The Bertz CT molecular complexity index is 586. The molecule has 128 valence electrons. The van der Waals surface area contributed by atoms with Gasteiger partial charge >= 0.3 is 0 Å². The largest absolute Gasteiger partial charge is 0.377 e. The van der Waals surface area contributed by atoms with E-state index in [0.717, 1.165) is 11.3 Å². The van der Waals surface area contributed by atoms with Crippen molar-refractivity contribution in [3.8, 4) is 0 Å². The lowest BCUT2D eigenvalue weighted by molar-refractivity contribution is -2.00. The predicted molar refractivity (Wildman–Crippen MR) is 72.9 cm³/mol. The van der Waals surface area contributed by atoms with Crippen LogP contribution in [0.4, 0.5) is 5.69 Å². The Morgan fingerprint density at radius 2 is 1.70 bits per heavy atom. The van der Waals surface area contributed by atoms with Gasteiger partial charge in [0.1, 0.15) is 14.1 Å². The van der Waals surface area contributed by atoms with Gasteiger partial charge in [-0.25, -0.2) is 23.2 Å². The summed E-state index contributed by atoms with van der Waals surface area (Å²) in [7, 11) is 2.73. The van der Waals surface area contributed by atoms with Crippen LogP contribution in [0.5, 0.6) is 0 Å². The van der Waals surface area contributed by atoms with Crippen molar-refractivity contribution in [2.75, 3.05) is 28.2 Å². The van der Waals surface area contributed by atoms with Crippen LogP contribution in [-0.2, 0) is 0 Å². The van der Waals surface area contributed by atoms with Crippen LogP contribution in [0.1, 0.15) is 5.56 Å². The fraction of sp³-hybridized carbons (Fsp3) is 0.308. The van der Waals surface area contributed by atoms with Gasteiger partial charge in [0.15, 0.2) is 6.21 Å². The van der Waals surface area contributed by atoms with E-state index in [-0.39, 0.29) is 10.6 Å². The minimum atomic E-state index is -4.94. The van der Waals surface area contributed by atoms with E-state index >= 15 is 0 Å². The summed E-state index contributed by atoms with van der Waals surface area (Å²) in [5.74, 6) is 0. The Morgan fingerprint density at radius 3 is 2.09 bits per heavy atom. The molecule has 0 aliphatic carbocycles. The fourth-order valence-corrected chi connectivity index (χ4v) is 1.50. The fourth-order valence-electron chi connectivity index (χ4n) is 1.50. The van der Waals surface area contributed by atoms with Gasteiger partial charge in [-0.2, -0.15) is 0 Å². The Kier molecular flexibility index (Phi) is 8.36. The molecule has 0 fully saturated rings. The molecule has 0 aromatic heterocycles. The van der Waals surface area contributed by atoms with Crippen LogP contribution in [0.25, 0.3) is 5.70 Å². The molecule has 0 atom stereocenters. The van der Waals surface area contributed by atoms with E-state index in [4.69, 9.17) is 18.6 Å². The number of hydrogen-bond acceptors (Lipinski definition) is 7. The monoisotopic (exact) mass is 347 g/mol. The highest BCUT2D eigenvalue weighted by atomic mass is 35.7. The molecule has 0 saturated carbocycles. The summed E-state index contributed by atoms with van der Waals surface area (Å²) in [6.45, 7) is 0. The van der Waals surface area contributed by atoms with E-state index in [1.807, 2.05) is 56.0 Å². The first kappa shape index (κ1) is 21.0. The number of halogens is 1. The zero-order chi connectivity index (χ0) is 18.2. The molecule has 0 saturated heterocycles. The second-order valence-corrected chi connectivity index (χ2v) is 5.50. The molecule has 1 aromatic carbocycles. The van der Waals surface area contributed by atoms with Gasteiger partial charge in [0.2, 0.25) is 0 Å². The summed E-state index contributed by atoms with van der Waals surface area (Å²) >= 11 is 0. The highest BCUT2D eigenvalue weighted by Crippen LogP contribution is 2.21. The molecular formula is C13H18ClN3O6. The summed E-state index contributed by atoms with van der Waals surface area (Å²) in [6.07, 6.45) is 3.84. The molecule has 0 unspecified atom stereocenters. The summed E-state index contributed by atoms with van der Waals surface area (Å²) < 4.78 is 35.9. The maximum Gasteiger partial charge on any atom is 0.270 e. The molecule has 1 aromatic rings. The number of hydrogen-bond donors (Lipinski definition) is 0.